The molecule has 1 aliphatic carbocycles. The topological polar surface area (TPSA) is 13.1 Å². The molecule has 0 unspecified atom stereocenters. The van der Waals surface area contributed by atoms with E-state index in [1.165, 1.54) is 11.1 Å². The van der Waals surface area contributed by atoms with E-state index in [2.05, 4.69) is 12.2 Å². The summed E-state index contributed by atoms with van der Waals surface area (Å²) in [4.78, 5) is 0. The maximum Gasteiger partial charge on any atom is 0.0977 e. The molecular weight excluding hydrogens is 100 g/mol. The van der Waals surface area contributed by atoms with Crippen molar-refractivity contribution in [1.82, 2.24) is 0 Å². The molecule has 0 spiro atoms. The van der Waals surface area contributed by atoms with Gasteiger partial charge in [-0.25, -0.2) is 0 Å². The van der Waals surface area contributed by atoms with Crippen molar-refractivity contribution in [2.24, 2.45) is 0 Å². The van der Waals surface area contributed by atoms with Crippen LogP contribution in [-0.4, -0.2) is 0 Å². The number of allylic oxidation sites excluding steroid dienone is 1. The van der Waals surface area contributed by atoms with Gasteiger partial charge in [0.2, 0.25) is 0 Å². The zero-order chi connectivity index (χ0) is 5.40. The van der Waals surface area contributed by atoms with Crippen LogP contribution in [-0.2, 0) is 6.42 Å². The highest BCUT2D eigenvalue weighted by Gasteiger charge is 2.04. The van der Waals surface area contributed by atoms with Gasteiger partial charge in [-0.3, -0.25) is 0 Å². The van der Waals surface area contributed by atoms with Crippen LogP contribution in [0.2, 0.25) is 0 Å². The molecule has 8 heavy (non-hydrogen) atoms. The summed E-state index contributed by atoms with van der Waals surface area (Å²) < 4.78 is 4.94. The van der Waals surface area contributed by atoms with Gasteiger partial charge in [0.15, 0.2) is 0 Å². The molecule has 0 aliphatic heterocycles. The Morgan fingerprint density at radius 1 is 1.38 bits per heavy atom. The molecule has 2 rings (SSSR count). The van der Waals surface area contributed by atoms with Crippen molar-refractivity contribution < 1.29 is 4.42 Å². The first-order chi connectivity index (χ1) is 3.97. The predicted molar refractivity (Wildman–Crippen MR) is 31.4 cm³/mol. The summed E-state index contributed by atoms with van der Waals surface area (Å²) in [5.41, 5.74) is 2.55. The maximum atomic E-state index is 4.94. The number of hydrogen-bond donors (Lipinski definition) is 0. The van der Waals surface area contributed by atoms with E-state index in [0.717, 1.165) is 6.42 Å². The Labute approximate surface area is 47.6 Å². The van der Waals surface area contributed by atoms with E-state index < -0.39 is 0 Å². The summed E-state index contributed by atoms with van der Waals surface area (Å²) in [6.07, 6.45) is 8.85. The predicted octanol–water partition coefficient (Wildman–Crippen LogP) is 1.85. The van der Waals surface area contributed by atoms with Gasteiger partial charge >= 0.3 is 0 Å². The van der Waals surface area contributed by atoms with E-state index in [4.69, 9.17) is 4.42 Å². The fraction of sp³-hybridized carbons (Fsp3) is 0.143. The van der Waals surface area contributed by atoms with Gasteiger partial charge in [-0.2, -0.15) is 0 Å². The van der Waals surface area contributed by atoms with Gasteiger partial charge in [-0.05, 0) is 6.42 Å². The van der Waals surface area contributed by atoms with E-state index in [0.29, 0.717) is 0 Å². The number of rotatable bonds is 0. The highest BCUT2D eigenvalue weighted by molar-refractivity contribution is 5.57. The molecule has 0 saturated carbocycles. The molecule has 40 valence electrons. The van der Waals surface area contributed by atoms with Crippen LogP contribution in [0.1, 0.15) is 11.1 Å². The molecule has 0 fully saturated rings. The summed E-state index contributed by atoms with van der Waals surface area (Å²) >= 11 is 0. The third-order valence-electron chi connectivity index (χ3n) is 1.41. The van der Waals surface area contributed by atoms with E-state index in [1.54, 1.807) is 12.5 Å². The van der Waals surface area contributed by atoms with Gasteiger partial charge in [0.1, 0.15) is 0 Å². The molecule has 1 aromatic heterocycles. The largest absolute Gasteiger partial charge is 0.472 e. The Hall–Kier alpha value is -0.980. The van der Waals surface area contributed by atoms with Crippen molar-refractivity contribution in [3.8, 4) is 0 Å². The minimum atomic E-state index is 1.05. The quantitative estimate of drug-likeness (QED) is 0.492. The lowest BCUT2D eigenvalue weighted by molar-refractivity contribution is 0.564. The summed E-state index contributed by atoms with van der Waals surface area (Å²) in [5, 5.41) is 0. The minimum Gasteiger partial charge on any atom is -0.472 e. The van der Waals surface area contributed by atoms with Gasteiger partial charge in [0, 0.05) is 11.1 Å². The van der Waals surface area contributed by atoms with E-state index in [1.807, 2.05) is 0 Å². The molecular formula is C7H6O. The molecule has 0 aromatic carbocycles. The van der Waals surface area contributed by atoms with Crippen molar-refractivity contribution in [1.29, 1.82) is 0 Å². The molecule has 1 heterocycles. The molecule has 0 radical (unpaired) electrons. The highest BCUT2D eigenvalue weighted by Crippen LogP contribution is 2.18. The van der Waals surface area contributed by atoms with Crippen molar-refractivity contribution in [2.75, 3.05) is 0 Å². The monoisotopic (exact) mass is 106 g/mol. The van der Waals surface area contributed by atoms with Crippen molar-refractivity contribution >= 4 is 6.08 Å². The average molecular weight is 106 g/mol. The molecule has 0 saturated heterocycles. The molecule has 1 aromatic rings. The van der Waals surface area contributed by atoms with Crippen molar-refractivity contribution in [3.05, 3.63) is 29.7 Å². The van der Waals surface area contributed by atoms with Gasteiger partial charge in [0.25, 0.3) is 0 Å². The van der Waals surface area contributed by atoms with Crippen LogP contribution in [0, 0.1) is 0 Å². The fourth-order valence-electron chi connectivity index (χ4n) is 0.958. The molecule has 0 amide bonds. The zero-order valence-corrected chi connectivity index (χ0v) is 4.42. The van der Waals surface area contributed by atoms with Crippen LogP contribution < -0.4 is 0 Å². The first kappa shape index (κ1) is 3.96. The van der Waals surface area contributed by atoms with Crippen molar-refractivity contribution in [2.45, 2.75) is 6.42 Å². The van der Waals surface area contributed by atoms with Gasteiger partial charge in [0.05, 0.1) is 12.5 Å². The molecule has 0 atom stereocenters. The second-order valence-corrected chi connectivity index (χ2v) is 1.96. The lowest BCUT2D eigenvalue weighted by Crippen LogP contribution is -1.67. The number of furan rings is 1. The lowest BCUT2D eigenvalue weighted by atomic mass is 10.2. The second kappa shape index (κ2) is 1.25. The standard InChI is InChI=1S/C7H6O/c1-2-6-4-8-5-7(6)3-1/h1-2,4-5H,3H2. The Balaban J connectivity index is 2.67. The van der Waals surface area contributed by atoms with Gasteiger partial charge < -0.3 is 4.42 Å². The molecule has 1 aliphatic rings. The highest BCUT2D eigenvalue weighted by atomic mass is 16.3. The smallest absolute Gasteiger partial charge is 0.0977 e. The summed E-state index contributed by atoms with van der Waals surface area (Å²) in [7, 11) is 0. The maximum absolute atomic E-state index is 4.94. The van der Waals surface area contributed by atoms with Crippen LogP contribution in [0.15, 0.2) is 23.0 Å². The second-order valence-electron chi connectivity index (χ2n) is 1.96. The van der Waals surface area contributed by atoms with E-state index in [-0.39, 0.29) is 0 Å². The Bertz CT molecular complexity index is 220. The molecule has 1 nitrogen and oxygen atoms in total. The van der Waals surface area contributed by atoms with Crippen LogP contribution in [0.4, 0.5) is 0 Å². The SMILES string of the molecule is C1=Cc2cocc2C1. The van der Waals surface area contributed by atoms with E-state index >= 15 is 0 Å². The third kappa shape index (κ3) is 0.360. The lowest BCUT2D eigenvalue weighted by Gasteiger charge is -1.77. The van der Waals surface area contributed by atoms with Gasteiger partial charge in [-0.1, -0.05) is 12.2 Å². The third-order valence-corrected chi connectivity index (χ3v) is 1.41. The molecule has 0 N–H and O–H groups in total. The zero-order valence-electron chi connectivity index (χ0n) is 4.42. The fourth-order valence-corrected chi connectivity index (χ4v) is 0.958. The van der Waals surface area contributed by atoms with Crippen LogP contribution in [0.25, 0.3) is 6.08 Å². The molecule has 1 heteroatoms. The Kier molecular flexibility index (Phi) is 0.618. The Morgan fingerprint density at radius 3 is 3.25 bits per heavy atom. The number of fused-ring (bicyclic) bond motifs is 1. The molecule has 0 bridgehead atoms. The Morgan fingerprint density at radius 2 is 2.38 bits per heavy atom. The van der Waals surface area contributed by atoms with Crippen LogP contribution in [0.5, 0.6) is 0 Å². The summed E-state index contributed by atoms with van der Waals surface area (Å²) in [6, 6.07) is 0. The van der Waals surface area contributed by atoms with E-state index in [9.17, 15) is 0 Å². The summed E-state index contributed by atoms with van der Waals surface area (Å²) in [6.45, 7) is 0. The summed E-state index contributed by atoms with van der Waals surface area (Å²) in [5.74, 6) is 0. The first-order valence-corrected chi connectivity index (χ1v) is 2.68. The first-order valence-electron chi connectivity index (χ1n) is 2.68. The van der Waals surface area contributed by atoms with Crippen molar-refractivity contribution in [3.63, 3.8) is 0 Å². The van der Waals surface area contributed by atoms with Crippen LogP contribution >= 0.6 is 0 Å². The number of hydrogen-bond acceptors (Lipinski definition) is 1. The van der Waals surface area contributed by atoms with Crippen LogP contribution in [0.3, 0.4) is 0 Å². The van der Waals surface area contributed by atoms with Gasteiger partial charge in [-0.15, -0.1) is 0 Å². The minimum absolute atomic E-state index is 1.05. The normalized spacial score (nSPS) is 14.5. The average Bonchev–Trinajstić information content (AvgIpc) is 2.15.